The molecule has 9 aliphatic rings. The predicted molar refractivity (Wildman–Crippen MR) is 577 cm³/mol. The van der Waals surface area contributed by atoms with Crippen LogP contribution in [0.1, 0.15) is 245 Å². The Morgan fingerprint density at radius 2 is 0.600 bits per heavy atom. The second-order valence-corrected chi connectivity index (χ2v) is 39.7. The van der Waals surface area contributed by atoms with Gasteiger partial charge in [-0.3, -0.25) is 0 Å². The highest BCUT2D eigenvalue weighted by atomic mass is 32.1. The molecule has 0 fully saturated rings. The fourth-order valence-corrected chi connectivity index (χ4v) is 23.2. The van der Waals surface area contributed by atoms with E-state index in [1.165, 1.54) is 147 Å². The lowest BCUT2D eigenvalue weighted by Gasteiger charge is -2.43. The van der Waals surface area contributed by atoms with Crippen molar-refractivity contribution in [2.75, 3.05) is 103 Å². The Balaban J connectivity index is 0.000000120. The van der Waals surface area contributed by atoms with Gasteiger partial charge in [-0.05, 0) is 261 Å². The molecule has 692 valence electrons. The molecular formula is C118H129FN12S4. The molecular weight excluding hydrogens is 1730 g/mol. The van der Waals surface area contributed by atoms with Crippen molar-refractivity contribution < 1.29 is 4.39 Å². The van der Waals surface area contributed by atoms with Gasteiger partial charge < -0.3 is 62.1 Å². The molecule has 135 heavy (non-hydrogen) atoms. The Bertz CT molecular complexity index is 5920. The summed E-state index contributed by atoms with van der Waals surface area (Å²) in [5.74, 6) is 3.50. The largest absolute Gasteiger partial charge is 0.371 e. The van der Waals surface area contributed by atoms with Gasteiger partial charge in [-0.25, -0.2) is 4.39 Å². The number of allylic oxidation sites excluding steroid dienone is 3. The first-order valence-electron chi connectivity index (χ1n) is 49.5. The highest BCUT2D eigenvalue weighted by Gasteiger charge is 2.41. The molecule has 0 saturated heterocycles. The van der Waals surface area contributed by atoms with E-state index in [-0.39, 0.29) is 11.7 Å². The zero-order chi connectivity index (χ0) is 92.5. The lowest BCUT2D eigenvalue weighted by atomic mass is 9.76. The normalized spacial score (nSPS) is 19.3. The van der Waals surface area contributed by atoms with Crippen molar-refractivity contribution in [2.24, 2.45) is 5.92 Å². The van der Waals surface area contributed by atoms with E-state index < -0.39 is 0 Å². The van der Waals surface area contributed by atoms with Crippen molar-refractivity contribution in [1.82, 2.24) is 37.2 Å². The van der Waals surface area contributed by atoms with Crippen LogP contribution < -0.4 is 62.1 Å². The Kier molecular flexibility index (Phi) is 30.9. The topological polar surface area (TPSA) is 109 Å². The smallest absolute Gasteiger partial charge is 0.170 e. The summed E-state index contributed by atoms with van der Waals surface area (Å²) in [5, 5.41) is 29.8. The third-order valence-electron chi connectivity index (χ3n) is 28.8. The van der Waals surface area contributed by atoms with Crippen LogP contribution in [0.5, 0.6) is 0 Å². The van der Waals surface area contributed by atoms with E-state index in [0.717, 1.165) is 176 Å². The minimum Gasteiger partial charge on any atom is -0.371 e. The van der Waals surface area contributed by atoms with Crippen LogP contribution in [-0.4, -0.2) is 99.0 Å². The molecule has 8 aliphatic heterocycles. The number of nitrogens with zero attached hydrogens (tertiary/aromatic N) is 4. The Labute approximate surface area is 821 Å². The van der Waals surface area contributed by atoms with Crippen LogP contribution in [0, 0.1) is 11.7 Å². The molecule has 21 rings (SSSR count). The van der Waals surface area contributed by atoms with Gasteiger partial charge in [0.2, 0.25) is 0 Å². The summed E-state index contributed by atoms with van der Waals surface area (Å²) in [6, 6.07) is 103. The van der Waals surface area contributed by atoms with Crippen molar-refractivity contribution in [3.05, 3.63) is 420 Å². The van der Waals surface area contributed by atoms with Gasteiger partial charge in [0, 0.05) is 174 Å². The molecule has 0 aromatic heterocycles. The fraction of sp³-hybridized carbons (Fsp3) is 0.322. The van der Waals surface area contributed by atoms with Crippen molar-refractivity contribution in [2.45, 2.75) is 159 Å². The monoisotopic (exact) mass is 1860 g/mol. The fourth-order valence-electron chi connectivity index (χ4n) is 22.5. The third kappa shape index (κ3) is 22.3. The number of hydrogen-bond acceptors (Lipinski definition) is 8. The van der Waals surface area contributed by atoms with E-state index in [1.54, 1.807) is 6.07 Å². The van der Waals surface area contributed by atoms with Gasteiger partial charge in [-0.2, -0.15) is 0 Å². The zero-order valence-electron chi connectivity index (χ0n) is 78.5. The van der Waals surface area contributed by atoms with Gasteiger partial charge >= 0.3 is 0 Å². The van der Waals surface area contributed by atoms with Crippen LogP contribution in [0.4, 0.5) is 32.8 Å². The zero-order valence-corrected chi connectivity index (χ0v) is 81.8. The first kappa shape index (κ1) is 93.4. The molecule has 0 amide bonds. The van der Waals surface area contributed by atoms with Crippen LogP contribution in [0.15, 0.2) is 309 Å². The molecule has 0 saturated carbocycles. The molecule has 8 unspecified atom stereocenters. The first-order chi connectivity index (χ1) is 66.2. The summed E-state index contributed by atoms with van der Waals surface area (Å²) in [6.07, 6.45) is 17.5. The number of halogens is 1. The summed E-state index contributed by atoms with van der Waals surface area (Å²) >= 11 is 22.2. The number of thiocarbonyl (C=S) groups is 4. The maximum Gasteiger partial charge on any atom is 0.170 e. The highest BCUT2D eigenvalue weighted by molar-refractivity contribution is 7.80. The maximum absolute atomic E-state index is 14.1. The lowest BCUT2D eigenvalue weighted by molar-refractivity contribution is 0.567. The van der Waals surface area contributed by atoms with Gasteiger partial charge in [0.1, 0.15) is 5.82 Å². The van der Waals surface area contributed by atoms with E-state index in [1.807, 2.05) is 6.07 Å². The van der Waals surface area contributed by atoms with Gasteiger partial charge in [-0.15, -0.1) is 0 Å². The van der Waals surface area contributed by atoms with Crippen LogP contribution in [-0.2, 0) is 19.6 Å². The molecule has 8 heterocycles. The number of rotatable bonds is 22. The van der Waals surface area contributed by atoms with E-state index >= 15 is 0 Å². The van der Waals surface area contributed by atoms with Crippen LogP contribution in [0.3, 0.4) is 0 Å². The van der Waals surface area contributed by atoms with Crippen molar-refractivity contribution in [3.8, 4) is 0 Å². The van der Waals surface area contributed by atoms with Gasteiger partial charge in [0.05, 0.1) is 0 Å². The van der Waals surface area contributed by atoms with Gasteiger partial charge in [0.25, 0.3) is 0 Å². The molecule has 0 spiro atoms. The van der Waals surface area contributed by atoms with E-state index in [0.29, 0.717) is 52.5 Å². The van der Waals surface area contributed by atoms with Crippen molar-refractivity contribution in [1.29, 1.82) is 0 Å². The number of hydrogen-bond donors (Lipinski definition) is 8. The molecule has 1 aliphatic carbocycles. The van der Waals surface area contributed by atoms with E-state index in [9.17, 15) is 4.39 Å². The molecule has 8 N–H and O–H groups in total. The molecule has 0 bridgehead atoms. The quantitative estimate of drug-likeness (QED) is 0.0308. The lowest BCUT2D eigenvalue weighted by Crippen LogP contribution is -2.38. The van der Waals surface area contributed by atoms with Gasteiger partial charge in [-0.1, -0.05) is 300 Å². The summed E-state index contributed by atoms with van der Waals surface area (Å²) in [7, 11) is 0. The van der Waals surface area contributed by atoms with E-state index in [2.05, 4.69) is 375 Å². The Hall–Kier alpha value is -12.0. The third-order valence-corrected chi connectivity index (χ3v) is 29.9. The summed E-state index contributed by atoms with van der Waals surface area (Å²) in [4.78, 5) is 10.4. The minimum atomic E-state index is -0.176. The summed E-state index contributed by atoms with van der Waals surface area (Å²) in [5.41, 5.74) is 34.4. The average molecular weight is 1860 g/mol. The van der Waals surface area contributed by atoms with Crippen molar-refractivity contribution in [3.63, 3.8) is 0 Å². The standard InChI is InChI=1S/C32H33N3S.C30H35N3S.C28H30FN3S.C28H31N3S/c36-32(33-21-23-9-7-8-10-23)34-22-24-19-29-27(25-11-3-1-4-12-25)15-17-35-18-16-28(30(20-24)31(29)35)26-13-5-2-6-14-26;1-21(2)19-31-30(34)32-20-22-17-27-25(23-9-5-3-6-10-23)13-15-33-16-14-26(28(18-22)29(27)33)24-11-7-4-8-12-24;1-2-13-30-28(33)31-22-17-25-23(19-7-4-3-5-8-19)11-14-32-15-12-24(26(18-22)27(25)32)20-9-6-10-21(29)16-20;1-2-29-28(32)30-19-20-17-25-23(21-9-5-3-6-10-21)13-15-31-16-14-24(26(18-20)27(25)31)22-11-7-4-8-12-22/h1-9,11-14,19-20,27-28H,10,15-18,21-22H2,(H2,33,34,36);3-12,17-18,21,25-26H,13-16,19-20H2,1-2H3,(H2,31,32,34);3-10,16-18,23-24H,2,11-15H2,1H3,(H2,30,31,33);3-12,17-18,23-24H,2,13-16,19H2,1H3,(H2,29,30,32). The van der Waals surface area contributed by atoms with E-state index in [4.69, 9.17) is 48.9 Å². The molecule has 0 radical (unpaired) electrons. The Morgan fingerprint density at radius 1 is 0.319 bits per heavy atom. The van der Waals surface area contributed by atoms with Crippen LogP contribution in [0.25, 0.3) is 0 Å². The maximum atomic E-state index is 14.1. The highest BCUT2D eigenvalue weighted by Crippen LogP contribution is 2.55. The minimum absolute atomic E-state index is 0.166. The van der Waals surface area contributed by atoms with Gasteiger partial charge in [0.15, 0.2) is 20.4 Å². The molecule has 8 atom stereocenters. The second-order valence-electron chi connectivity index (χ2n) is 38.0. The number of nitrogens with one attached hydrogen (secondary N) is 8. The molecule has 12 aromatic carbocycles. The van der Waals surface area contributed by atoms with Crippen molar-refractivity contribution >= 4 is 97.8 Å². The predicted octanol–water partition coefficient (Wildman–Crippen LogP) is 24.5. The summed E-state index contributed by atoms with van der Waals surface area (Å²) < 4.78 is 14.1. The molecule has 12 nitrogen and oxygen atoms in total. The van der Waals surface area contributed by atoms with Crippen LogP contribution in [0.2, 0.25) is 0 Å². The SMILES string of the molecule is CC(C)CNC(=S)NCc1cc2c3c(c1)C(c1ccccc1)CCN3CCC2c1ccccc1.CCCNC(=S)Nc1cc2c3c(c1)C(c1cccc(F)c1)CCN3CCC2c1ccccc1.CCNC(=S)NCc1cc2c3c(c1)C(c1ccccc1)CCN3CCC2c1ccccc1.S=C(NCC1=CC=CC1)NCc1cc2c3c(c1)C(c1ccccc1)CCN3CCC2c1ccccc1. The number of benzene rings is 12. The molecule has 12 aromatic rings. The Morgan fingerprint density at radius 3 is 0.881 bits per heavy atom. The molecule has 17 heteroatoms. The van der Waals surface area contributed by atoms with Crippen LogP contribution >= 0.6 is 48.9 Å². The summed E-state index contributed by atoms with van der Waals surface area (Å²) in [6.45, 7) is 23.0. The second kappa shape index (κ2) is 44.7. The average Bonchev–Trinajstić information content (AvgIpc) is 0.829. The number of anilines is 5. The first-order valence-corrected chi connectivity index (χ1v) is 51.1.